The van der Waals surface area contributed by atoms with Gasteiger partial charge in [0.2, 0.25) is 5.91 Å². The number of hydrogen-bond donors (Lipinski definition) is 1. The maximum Gasteiger partial charge on any atom is 0.275 e. The van der Waals surface area contributed by atoms with Gasteiger partial charge in [-0.25, -0.2) is 4.68 Å². The first-order chi connectivity index (χ1) is 12.9. The van der Waals surface area contributed by atoms with E-state index in [9.17, 15) is 29.6 Å². The molecule has 0 aliphatic carbocycles. The van der Waals surface area contributed by atoms with Gasteiger partial charge in [-0.05, 0) is 12.1 Å². The first kappa shape index (κ1) is 17.7. The molecule has 1 aromatic heterocycles. The average Bonchev–Trinajstić information content (AvgIpc) is 2.64. The SMILES string of the molecule is O=C(Cn1nc(C(=O)[O-])c2ccccc2c1=O)Nc1cccc([N+](=O)[O-])c1. The molecule has 0 fully saturated rings. The molecule has 0 radical (unpaired) electrons. The summed E-state index contributed by atoms with van der Waals surface area (Å²) in [5, 5.41) is 28.4. The van der Waals surface area contributed by atoms with E-state index in [1.165, 1.54) is 30.3 Å². The molecule has 0 aliphatic rings. The van der Waals surface area contributed by atoms with Gasteiger partial charge in [0.05, 0.1) is 16.3 Å². The van der Waals surface area contributed by atoms with Crippen molar-refractivity contribution < 1.29 is 19.6 Å². The molecule has 0 saturated heterocycles. The highest BCUT2D eigenvalue weighted by Gasteiger charge is 2.14. The van der Waals surface area contributed by atoms with Crippen LogP contribution in [0.2, 0.25) is 0 Å². The number of nitrogens with zero attached hydrogens (tertiary/aromatic N) is 3. The van der Waals surface area contributed by atoms with Crippen molar-refractivity contribution in [1.82, 2.24) is 9.78 Å². The van der Waals surface area contributed by atoms with Crippen LogP contribution in [-0.4, -0.2) is 26.6 Å². The lowest BCUT2D eigenvalue weighted by Crippen LogP contribution is -2.34. The van der Waals surface area contributed by atoms with Gasteiger partial charge in [0, 0.05) is 23.2 Å². The average molecular weight is 367 g/mol. The van der Waals surface area contributed by atoms with Gasteiger partial charge in [0.15, 0.2) is 0 Å². The maximum absolute atomic E-state index is 12.5. The summed E-state index contributed by atoms with van der Waals surface area (Å²) in [6.45, 7) is -0.577. The molecule has 27 heavy (non-hydrogen) atoms. The van der Waals surface area contributed by atoms with Gasteiger partial charge in [0.25, 0.3) is 11.2 Å². The van der Waals surface area contributed by atoms with Crippen LogP contribution in [0.5, 0.6) is 0 Å². The van der Waals surface area contributed by atoms with Gasteiger partial charge >= 0.3 is 0 Å². The van der Waals surface area contributed by atoms with Crippen LogP contribution < -0.4 is 16.0 Å². The highest BCUT2D eigenvalue weighted by molar-refractivity contribution is 6.00. The van der Waals surface area contributed by atoms with Crippen LogP contribution in [0, 0.1) is 10.1 Å². The minimum absolute atomic E-state index is 0.0786. The number of non-ortho nitro benzene ring substituents is 1. The number of anilines is 1. The second-order valence-corrected chi connectivity index (χ2v) is 5.50. The lowest BCUT2D eigenvalue weighted by atomic mass is 10.1. The number of nitro benzene ring substituents is 1. The number of hydrogen-bond acceptors (Lipinski definition) is 7. The summed E-state index contributed by atoms with van der Waals surface area (Å²) in [6.07, 6.45) is 0. The molecule has 0 aliphatic heterocycles. The summed E-state index contributed by atoms with van der Waals surface area (Å²) in [7, 11) is 0. The van der Waals surface area contributed by atoms with Crippen molar-refractivity contribution in [2.24, 2.45) is 0 Å². The third-order valence-corrected chi connectivity index (χ3v) is 3.70. The van der Waals surface area contributed by atoms with E-state index in [-0.39, 0.29) is 22.1 Å². The smallest absolute Gasteiger partial charge is 0.275 e. The number of nitrogens with one attached hydrogen (secondary N) is 1. The molecule has 0 bridgehead atoms. The summed E-state index contributed by atoms with van der Waals surface area (Å²) < 4.78 is 0.708. The van der Waals surface area contributed by atoms with E-state index in [0.29, 0.717) is 4.68 Å². The number of rotatable bonds is 5. The summed E-state index contributed by atoms with van der Waals surface area (Å²) in [5.74, 6) is -2.29. The lowest BCUT2D eigenvalue weighted by Gasteiger charge is -2.11. The van der Waals surface area contributed by atoms with Crippen molar-refractivity contribution in [1.29, 1.82) is 0 Å². The van der Waals surface area contributed by atoms with E-state index < -0.39 is 34.6 Å². The van der Waals surface area contributed by atoms with Crippen molar-refractivity contribution >= 4 is 34.0 Å². The Bertz CT molecular complexity index is 1140. The number of aromatic nitrogens is 2. The summed E-state index contributed by atoms with van der Waals surface area (Å²) >= 11 is 0. The van der Waals surface area contributed by atoms with Crippen LogP contribution in [0.4, 0.5) is 11.4 Å². The van der Waals surface area contributed by atoms with Crippen molar-refractivity contribution in [2.45, 2.75) is 6.54 Å². The minimum atomic E-state index is -1.58. The highest BCUT2D eigenvalue weighted by Crippen LogP contribution is 2.17. The number of aromatic carboxylic acids is 1. The largest absolute Gasteiger partial charge is 0.543 e. The standard InChI is InChI=1S/C17H12N4O6/c22-14(18-10-4-3-5-11(8-10)21(26)27)9-20-16(23)13-7-2-1-6-12(13)15(19-20)17(24)25/h1-8H,9H2,(H,18,22)(H,24,25)/p-1. The number of carbonyl (C=O) groups is 2. The fourth-order valence-electron chi connectivity index (χ4n) is 2.53. The molecule has 3 aromatic rings. The predicted molar refractivity (Wildman–Crippen MR) is 92.1 cm³/mol. The van der Waals surface area contributed by atoms with Gasteiger partial charge < -0.3 is 15.2 Å². The Morgan fingerprint density at radius 1 is 1.11 bits per heavy atom. The molecule has 1 N–H and O–H groups in total. The molecule has 0 atom stereocenters. The normalized spacial score (nSPS) is 10.5. The number of carboxylic acid groups (broad SMARTS) is 1. The van der Waals surface area contributed by atoms with E-state index in [1.54, 1.807) is 12.1 Å². The topological polar surface area (TPSA) is 147 Å². The number of fused-ring (bicyclic) bond motifs is 1. The Hall–Kier alpha value is -4.08. The molecule has 0 spiro atoms. The van der Waals surface area contributed by atoms with Crippen LogP contribution in [-0.2, 0) is 11.3 Å². The molecule has 0 unspecified atom stereocenters. The van der Waals surface area contributed by atoms with Gasteiger partial charge in [-0.1, -0.05) is 24.3 Å². The molecule has 3 rings (SSSR count). The van der Waals surface area contributed by atoms with Crippen molar-refractivity contribution in [2.75, 3.05) is 5.32 Å². The van der Waals surface area contributed by atoms with Crippen molar-refractivity contribution in [3.8, 4) is 0 Å². The molecule has 136 valence electrons. The van der Waals surface area contributed by atoms with Crippen molar-refractivity contribution in [3.05, 3.63) is 74.7 Å². The van der Waals surface area contributed by atoms with E-state index in [2.05, 4.69) is 10.4 Å². The molecule has 0 saturated carbocycles. The molecular formula is C17H11N4O6-. The van der Waals surface area contributed by atoms with Gasteiger partial charge in [-0.2, -0.15) is 5.10 Å². The minimum Gasteiger partial charge on any atom is -0.543 e. The van der Waals surface area contributed by atoms with E-state index in [0.717, 1.165) is 6.07 Å². The Kier molecular flexibility index (Phi) is 4.62. The summed E-state index contributed by atoms with van der Waals surface area (Å²) in [4.78, 5) is 46.1. The van der Waals surface area contributed by atoms with Crippen molar-refractivity contribution in [3.63, 3.8) is 0 Å². The second kappa shape index (κ2) is 7.04. The Morgan fingerprint density at radius 2 is 1.81 bits per heavy atom. The molecular weight excluding hydrogens is 356 g/mol. The Balaban J connectivity index is 1.92. The van der Waals surface area contributed by atoms with E-state index >= 15 is 0 Å². The quantitative estimate of drug-likeness (QED) is 0.504. The van der Waals surface area contributed by atoms with Crippen LogP contribution in [0.3, 0.4) is 0 Å². The summed E-state index contributed by atoms with van der Waals surface area (Å²) in [6, 6.07) is 11.2. The number of amides is 1. The lowest BCUT2D eigenvalue weighted by molar-refractivity contribution is -0.384. The van der Waals surface area contributed by atoms with Crippen LogP contribution in [0.25, 0.3) is 10.8 Å². The molecule has 10 nitrogen and oxygen atoms in total. The number of carbonyl (C=O) groups excluding carboxylic acids is 2. The van der Waals surface area contributed by atoms with Crippen LogP contribution >= 0.6 is 0 Å². The highest BCUT2D eigenvalue weighted by atomic mass is 16.6. The van der Waals surface area contributed by atoms with E-state index in [1.807, 2.05) is 0 Å². The first-order valence-electron chi connectivity index (χ1n) is 7.62. The molecule has 1 amide bonds. The number of carboxylic acids is 1. The molecule has 10 heteroatoms. The van der Waals surface area contributed by atoms with Crippen LogP contribution in [0.15, 0.2) is 53.3 Å². The number of nitro groups is 1. The summed E-state index contributed by atoms with van der Waals surface area (Å²) in [5.41, 5.74) is -1.17. The fourth-order valence-corrected chi connectivity index (χ4v) is 2.53. The monoisotopic (exact) mass is 367 g/mol. The third kappa shape index (κ3) is 3.63. The number of benzene rings is 2. The maximum atomic E-state index is 12.5. The predicted octanol–water partition coefficient (Wildman–Crippen LogP) is 0.307. The zero-order valence-corrected chi connectivity index (χ0v) is 13.6. The molecule has 1 heterocycles. The Labute approximate surface area is 150 Å². The van der Waals surface area contributed by atoms with Crippen LogP contribution in [0.1, 0.15) is 10.5 Å². The first-order valence-corrected chi connectivity index (χ1v) is 7.62. The second-order valence-electron chi connectivity index (χ2n) is 5.50. The van der Waals surface area contributed by atoms with E-state index in [4.69, 9.17) is 0 Å². The molecule has 2 aromatic carbocycles. The zero-order chi connectivity index (χ0) is 19.6. The fraction of sp³-hybridized carbons (Fsp3) is 0.0588. The zero-order valence-electron chi connectivity index (χ0n) is 13.6. The van der Waals surface area contributed by atoms with Gasteiger partial charge in [-0.15, -0.1) is 0 Å². The van der Waals surface area contributed by atoms with Gasteiger partial charge in [0.1, 0.15) is 12.2 Å². The van der Waals surface area contributed by atoms with Gasteiger partial charge in [-0.3, -0.25) is 19.7 Å². The Morgan fingerprint density at radius 3 is 2.48 bits per heavy atom. The third-order valence-electron chi connectivity index (χ3n) is 3.70.